The van der Waals surface area contributed by atoms with Crippen LogP contribution in [0.5, 0.6) is 0 Å². The lowest BCUT2D eigenvalue weighted by Gasteiger charge is -2.31. The second kappa shape index (κ2) is 7.59. The van der Waals surface area contributed by atoms with Gasteiger partial charge in [0.25, 0.3) is 0 Å². The van der Waals surface area contributed by atoms with Gasteiger partial charge in [0.2, 0.25) is 0 Å². The summed E-state index contributed by atoms with van der Waals surface area (Å²) >= 11 is 1.93. The van der Waals surface area contributed by atoms with Crippen LogP contribution >= 0.6 is 11.3 Å². The van der Waals surface area contributed by atoms with Gasteiger partial charge in [-0.15, -0.1) is 11.3 Å². The first-order chi connectivity index (χ1) is 14.7. The fraction of sp³-hybridized carbons (Fsp3) is 0.500. The molecule has 0 spiro atoms. The zero-order valence-electron chi connectivity index (χ0n) is 17.7. The second-order valence-electron chi connectivity index (χ2n) is 9.12. The van der Waals surface area contributed by atoms with Crippen LogP contribution < -0.4 is 20.9 Å². The molecule has 4 aliphatic heterocycles. The molecule has 3 saturated heterocycles. The molecule has 0 bridgehead atoms. The van der Waals surface area contributed by atoms with Gasteiger partial charge in [-0.25, -0.2) is 0 Å². The predicted molar refractivity (Wildman–Crippen MR) is 126 cm³/mol. The van der Waals surface area contributed by atoms with E-state index in [0.29, 0.717) is 6.04 Å². The summed E-state index contributed by atoms with van der Waals surface area (Å²) < 4.78 is 0. The van der Waals surface area contributed by atoms with Crippen molar-refractivity contribution < 1.29 is 0 Å². The second-order valence-corrected chi connectivity index (χ2v) is 10.4. The van der Waals surface area contributed by atoms with Crippen LogP contribution in [0.2, 0.25) is 0 Å². The molecule has 3 fully saturated rings. The van der Waals surface area contributed by atoms with Gasteiger partial charge in [-0.05, 0) is 55.6 Å². The first kappa shape index (κ1) is 18.7. The van der Waals surface area contributed by atoms with Crippen molar-refractivity contribution in [2.45, 2.75) is 25.4 Å². The number of rotatable bonds is 3. The molecule has 30 heavy (non-hydrogen) atoms. The minimum absolute atomic E-state index is 0.229. The van der Waals surface area contributed by atoms with E-state index in [-0.39, 0.29) is 6.04 Å². The van der Waals surface area contributed by atoms with Crippen LogP contribution in [-0.4, -0.2) is 56.8 Å². The van der Waals surface area contributed by atoms with Crippen LogP contribution in [0.1, 0.15) is 27.8 Å². The van der Waals surface area contributed by atoms with E-state index in [4.69, 9.17) is 0 Å². The Bertz CT molecular complexity index is 931. The fourth-order valence-electron chi connectivity index (χ4n) is 5.54. The highest BCUT2D eigenvalue weighted by atomic mass is 32.1. The molecule has 0 amide bonds. The lowest BCUT2D eigenvalue weighted by molar-refractivity contribution is 0.445. The number of anilines is 2. The quantitative estimate of drug-likeness (QED) is 0.710. The largest absolute Gasteiger partial charge is 0.373 e. The number of likely N-dealkylation sites (tertiary alicyclic amines) is 1. The van der Waals surface area contributed by atoms with Gasteiger partial charge in [0.05, 0.1) is 22.3 Å². The maximum atomic E-state index is 3.81. The molecule has 0 saturated carbocycles. The Labute approximate surface area is 183 Å². The monoisotopic (exact) mass is 421 g/mol. The van der Waals surface area contributed by atoms with Crippen molar-refractivity contribution in [1.29, 1.82) is 0 Å². The molecule has 2 aromatic rings. The first-order valence-electron chi connectivity index (χ1n) is 11.4. The molecule has 5 heterocycles. The Morgan fingerprint density at radius 3 is 2.63 bits per heavy atom. The smallest absolute Gasteiger partial charge is 0.0736 e. The van der Waals surface area contributed by atoms with Crippen molar-refractivity contribution in [1.82, 2.24) is 15.5 Å². The summed E-state index contributed by atoms with van der Waals surface area (Å²) in [4.78, 5) is 7.91. The number of fused-ring (bicyclic) bond motifs is 2. The zero-order valence-corrected chi connectivity index (χ0v) is 18.5. The average molecular weight is 422 g/mol. The van der Waals surface area contributed by atoms with Crippen molar-refractivity contribution in [3.63, 3.8) is 0 Å². The zero-order chi connectivity index (χ0) is 20.1. The summed E-state index contributed by atoms with van der Waals surface area (Å²) in [6, 6.07) is 12.4. The van der Waals surface area contributed by atoms with Crippen molar-refractivity contribution in [3.8, 4) is 0 Å². The lowest BCUT2D eigenvalue weighted by atomic mass is 10.0. The summed E-state index contributed by atoms with van der Waals surface area (Å²) in [6.07, 6.45) is 3.79. The molecule has 1 aromatic heterocycles. The van der Waals surface area contributed by atoms with E-state index in [1.54, 1.807) is 0 Å². The number of benzene rings is 1. The van der Waals surface area contributed by atoms with E-state index in [1.165, 1.54) is 51.9 Å². The Balaban J connectivity index is 1.28. The Hall–Kier alpha value is -2.02. The molecular formula is C24H31N5S. The van der Waals surface area contributed by atoms with Crippen molar-refractivity contribution in [2.24, 2.45) is 5.92 Å². The number of aryl methyl sites for hydroxylation is 1. The molecule has 3 N–H and O–H groups in total. The predicted octanol–water partition coefficient (Wildman–Crippen LogP) is 3.27. The van der Waals surface area contributed by atoms with Gasteiger partial charge in [-0.2, -0.15) is 0 Å². The first-order valence-corrected chi connectivity index (χ1v) is 12.2. The number of piperazine rings is 1. The molecule has 4 aliphatic rings. The molecule has 6 rings (SSSR count). The van der Waals surface area contributed by atoms with Crippen LogP contribution in [0, 0.1) is 12.8 Å². The molecule has 158 valence electrons. The minimum atomic E-state index is 0.229. The third-order valence-corrected chi connectivity index (χ3v) is 8.23. The Kier molecular flexibility index (Phi) is 4.74. The van der Waals surface area contributed by atoms with Gasteiger partial charge < -0.3 is 25.8 Å². The maximum Gasteiger partial charge on any atom is 0.0736 e. The molecule has 0 aliphatic carbocycles. The molecule has 0 radical (unpaired) electrons. The van der Waals surface area contributed by atoms with E-state index < -0.39 is 0 Å². The molecule has 3 unspecified atom stereocenters. The summed E-state index contributed by atoms with van der Waals surface area (Å²) in [5.74, 6) is 0.807. The third-order valence-electron chi connectivity index (χ3n) is 7.16. The number of thiophene rings is 1. The highest BCUT2D eigenvalue weighted by Gasteiger charge is 2.38. The summed E-state index contributed by atoms with van der Waals surface area (Å²) in [5, 5.41) is 10.9. The highest BCUT2D eigenvalue weighted by molar-refractivity contribution is 7.13. The van der Waals surface area contributed by atoms with Crippen molar-refractivity contribution >= 4 is 28.4 Å². The van der Waals surface area contributed by atoms with E-state index in [1.807, 2.05) is 11.3 Å². The number of nitrogens with zero attached hydrogens (tertiary/aromatic N) is 2. The summed E-state index contributed by atoms with van der Waals surface area (Å²) in [6.45, 7) is 10.1. The van der Waals surface area contributed by atoms with E-state index in [0.717, 1.165) is 38.6 Å². The van der Waals surface area contributed by atoms with Gasteiger partial charge in [0.1, 0.15) is 0 Å². The third kappa shape index (κ3) is 3.31. The molecule has 6 heteroatoms. The Morgan fingerprint density at radius 2 is 1.83 bits per heavy atom. The van der Waals surface area contributed by atoms with Gasteiger partial charge in [0, 0.05) is 55.9 Å². The normalized spacial score (nSPS) is 28.2. The standard InChI is InChI=1S/C24H31N5S/c1-16-12-21-24(30-16)23(29-14-18-6-7-26-22(18)15-29)13-20(27-21)17-2-4-19(5-3-17)28-10-8-25-9-11-28/h2-5,12-13,18,20,22,25-27H,6-11,14-15H2,1H3. The Morgan fingerprint density at radius 1 is 1.00 bits per heavy atom. The van der Waals surface area contributed by atoms with E-state index >= 15 is 0 Å². The average Bonchev–Trinajstić information content (AvgIpc) is 3.47. The highest BCUT2D eigenvalue weighted by Crippen LogP contribution is 2.44. The van der Waals surface area contributed by atoms with E-state index in [9.17, 15) is 0 Å². The fourth-order valence-corrected chi connectivity index (χ4v) is 6.57. The number of nitrogens with one attached hydrogen (secondary N) is 3. The summed E-state index contributed by atoms with van der Waals surface area (Å²) in [7, 11) is 0. The molecular weight excluding hydrogens is 390 g/mol. The van der Waals surface area contributed by atoms with Crippen LogP contribution in [0.15, 0.2) is 36.4 Å². The van der Waals surface area contributed by atoms with Gasteiger partial charge >= 0.3 is 0 Å². The van der Waals surface area contributed by atoms with Gasteiger partial charge in [0.15, 0.2) is 0 Å². The number of hydrogen-bond acceptors (Lipinski definition) is 6. The summed E-state index contributed by atoms with van der Waals surface area (Å²) in [5.41, 5.74) is 5.43. The number of hydrogen-bond donors (Lipinski definition) is 3. The SMILES string of the molecule is Cc1cc2c(s1)C(N1CC3CCNC3C1)=CC(c1ccc(N3CCNCC3)cc1)N2. The van der Waals surface area contributed by atoms with Gasteiger partial charge in [-0.1, -0.05) is 12.1 Å². The minimum Gasteiger partial charge on any atom is -0.373 e. The van der Waals surface area contributed by atoms with E-state index in [2.05, 4.69) is 69.1 Å². The van der Waals surface area contributed by atoms with Crippen LogP contribution in [-0.2, 0) is 0 Å². The van der Waals surface area contributed by atoms with Gasteiger partial charge in [-0.3, -0.25) is 0 Å². The lowest BCUT2D eigenvalue weighted by Crippen LogP contribution is -2.43. The molecule has 5 nitrogen and oxygen atoms in total. The van der Waals surface area contributed by atoms with Crippen LogP contribution in [0.3, 0.4) is 0 Å². The molecule has 1 aromatic carbocycles. The van der Waals surface area contributed by atoms with Crippen LogP contribution in [0.4, 0.5) is 11.4 Å². The molecule has 3 atom stereocenters. The topological polar surface area (TPSA) is 42.6 Å². The van der Waals surface area contributed by atoms with Crippen molar-refractivity contribution in [3.05, 3.63) is 51.7 Å². The maximum absolute atomic E-state index is 3.81. The van der Waals surface area contributed by atoms with Crippen LogP contribution in [0.25, 0.3) is 5.70 Å². The van der Waals surface area contributed by atoms with Crippen molar-refractivity contribution in [2.75, 3.05) is 56.0 Å².